The number of halogens is 1. The second-order valence-electron chi connectivity index (χ2n) is 7.99. The number of hydrogen-bond acceptors (Lipinski definition) is 5. The van der Waals surface area contributed by atoms with E-state index in [1.54, 1.807) is 11.1 Å². The average molecular weight is 426 g/mol. The van der Waals surface area contributed by atoms with E-state index in [0.29, 0.717) is 31.2 Å². The SMILES string of the molecule is CCN1CC(=O)N(CC)c2cnc(CC3CC(NC(=O)Nc4ccc(F)cc4)C3)nc21. The van der Waals surface area contributed by atoms with E-state index in [1.165, 1.54) is 24.3 Å². The van der Waals surface area contributed by atoms with Gasteiger partial charge in [0.15, 0.2) is 5.82 Å². The zero-order chi connectivity index (χ0) is 22.0. The fraction of sp³-hybridized carbons (Fsp3) is 0.455. The fourth-order valence-corrected chi connectivity index (χ4v) is 4.15. The van der Waals surface area contributed by atoms with Gasteiger partial charge in [0.1, 0.15) is 17.3 Å². The van der Waals surface area contributed by atoms with Gasteiger partial charge in [-0.2, -0.15) is 0 Å². The van der Waals surface area contributed by atoms with Gasteiger partial charge in [0, 0.05) is 31.2 Å². The summed E-state index contributed by atoms with van der Waals surface area (Å²) in [4.78, 5) is 37.4. The molecule has 164 valence electrons. The molecule has 1 saturated carbocycles. The number of carbonyl (C=O) groups is 2. The molecule has 8 nitrogen and oxygen atoms in total. The molecule has 0 saturated heterocycles. The molecular formula is C22H27FN6O2. The molecule has 0 spiro atoms. The molecule has 1 aromatic carbocycles. The number of anilines is 3. The highest BCUT2D eigenvalue weighted by Gasteiger charge is 2.33. The van der Waals surface area contributed by atoms with E-state index in [-0.39, 0.29) is 23.8 Å². The fourth-order valence-electron chi connectivity index (χ4n) is 4.15. The highest BCUT2D eigenvalue weighted by atomic mass is 19.1. The number of rotatable bonds is 6. The molecule has 1 aliphatic heterocycles. The molecule has 2 aliphatic rings. The maximum absolute atomic E-state index is 13.0. The molecule has 2 heterocycles. The smallest absolute Gasteiger partial charge is 0.319 e. The maximum atomic E-state index is 13.0. The van der Waals surface area contributed by atoms with E-state index in [1.807, 2.05) is 18.7 Å². The largest absolute Gasteiger partial charge is 0.346 e. The second kappa shape index (κ2) is 8.87. The van der Waals surface area contributed by atoms with Crippen LogP contribution in [0.15, 0.2) is 30.5 Å². The monoisotopic (exact) mass is 426 g/mol. The number of benzene rings is 1. The van der Waals surface area contributed by atoms with Crippen LogP contribution in [-0.2, 0) is 11.2 Å². The van der Waals surface area contributed by atoms with Crippen molar-refractivity contribution in [2.45, 2.75) is 39.2 Å². The van der Waals surface area contributed by atoms with E-state index in [2.05, 4.69) is 15.6 Å². The van der Waals surface area contributed by atoms with Crippen molar-refractivity contribution < 1.29 is 14.0 Å². The van der Waals surface area contributed by atoms with Crippen LogP contribution in [0.1, 0.15) is 32.5 Å². The van der Waals surface area contributed by atoms with Gasteiger partial charge < -0.3 is 20.4 Å². The predicted octanol–water partition coefficient (Wildman–Crippen LogP) is 2.95. The summed E-state index contributed by atoms with van der Waals surface area (Å²) in [5.74, 6) is 1.72. The van der Waals surface area contributed by atoms with Crippen LogP contribution >= 0.6 is 0 Å². The Balaban J connectivity index is 1.31. The number of fused-ring (bicyclic) bond motifs is 1. The van der Waals surface area contributed by atoms with Gasteiger partial charge in [0.2, 0.25) is 5.91 Å². The van der Waals surface area contributed by atoms with E-state index in [0.717, 1.165) is 36.6 Å². The highest BCUT2D eigenvalue weighted by molar-refractivity contribution is 6.02. The van der Waals surface area contributed by atoms with Crippen LogP contribution in [0, 0.1) is 11.7 Å². The molecule has 1 aliphatic carbocycles. The molecule has 2 N–H and O–H groups in total. The Bertz CT molecular complexity index is 961. The highest BCUT2D eigenvalue weighted by Crippen LogP contribution is 2.33. The molecule has 0 bridgehead atoms. The summed E-state index contributed by atoms with van der Waals surface area (Å²) >= 11 is 0. The zero-order valence-corrected chi connectivity index (χ0v) is 17.8. The number of likely N-dealkylation sites (N-methyl/N-ethyl adjacent to an activating group) is 2. The summed E-state index contributed by atoms with van der Waals surface area (Å²) in [6.07, 6.45) is 4.21. The molecular weight excluding hydrogens is 399 g/mol. The number of amides is 3. The second-order valence-corrected chi connectivity index (χ2v) is 7.99. The Morgan fingerprint density at radius 3 is 2.61 bits per heavy atom. The van der Waals surface area contributed by atoms with Crippen LogP contribution in [0.4, 0.5) is 26.4 Å². The van der Waals surface area contributed by atoms with Crippen molar-refractivity contribution in [1.29, 1.82) is 0 Å². The number of urea groups is 1. The van der Waals surface area contributed by atoms with Crippen molar-refractivity contribution >= 4 is 29.1 Å². The van der Waals surface area contributed by atoms with Crippen molar-refractivity contribution in [3.63, 3.8) is 0 Å². The third-order valence-corrected chi connectivity index (χ3v) is 5.86. The first kappa shape index (κ1) is 21.0. The van der Waals surface area contributed by atoms with E-state index >= 15 is 0 Å². The van der Waals surface area contributed by atoms with Gasteiger partial charge in [0.05, 0.1) is 12.7 Å². The number of carbonyl (C=O) groups excluding carboxylic acids is 2. The lowest BCUT2D eigenvalue weighted by molar-refractivity contribution is -0.117. The molecule has 31 heavy (non-hydrogen) atoms. The maximum Gasteiger partial charge on any atom is 0.319 e. The minimum atomic E-state index is -0.340. The molecule has 0 unspecified atom stereocenters. The molecule has 9 heteroatoms. The summed E-state index contributed by atoms with van der Waals surface area (Å²) < 4.78 is 13.0. The first-order chi connectivity index (χ1) is 15.0. The lowest BCUT2D eigenvalue weighted by atomic mass is 9.78. The molecule has 2 aromatic rings. The lowest BCUT2D eigenvalue weighted by Crippen LogP contribution is -2.47. The van der Waals surface area contributed by atoms with Crippen molar-refractivity contribution in [2.24, 2.45) is 5.92 Å². The third-order valence-electron chi connectivity index (χ3n) is 5.86. The zero-order valence-electron chi connectivity index (χ0n) is 17.8. The summed E-state index contributed by atoms with van der Waals surface area (Å²) in [6, 6.07) is 5.48. The van der Waals surface area contributed by atoms with Crippen molar-refractivity contribution in [3.05, 3.63) is 42.1 Å². The van der Waals surface area contributed by atoms with Crippen LogP contribution in [0.3, 0.4) is 0 Å². The van der Waals surface area contributed by atoms with Gasteiger partial charge >= 0.3 is 6.03 Å². The molecule has 1 fully saturated rings. The Labute approximate surface area is 180 Å². The summed E-state index contributed by atoms with van der Waals surface area (Å²) in [5.41, 5.74) is 1.33. The summed E-state index contributed by atoms with van der Waals surface area (Å²) in [6.45, 7) is 5.62. The van der Waals surface area contributed by atoms with E-state index in [9.17, 15) is 14.0 Å². The predicted molar refractivity (Wildman–Crippen MR) is 117 cm³/mol. The third kappa shape index (κ3) is 4.60. The molecule has 1 aromatic heterocycles. The van der Waals surface area contributed by atoms with Gasteiger partial charge in [-0.05, 0) is 56.9 Å². The van der Waals surface area contributed by atoms with Crippen LogP contribution in [0.5, 0.6) is 0 Å². The van der Waals surface area contributed by atoms with E-state index in [4.69, 9.17) is 4.98 Å². The number of aromatic nitrogens is 2. The minimum absolute atomic E-state index is 0.0695. The molecule has 0 radical (unpaired) electrons. The Hall–Kier alpha value is -3.23. The molecule has 0 atom stereocenters. The van der Waals surface area contributed by atoms with Crippen molar-refractivity contribution in [2.75, 3.05) is 34.8 Å². The average Bonchev–Trinajstić information content (AvgIpc) is 2.73. The standard InChI is InChI=1S/C22H27FN6O2/c1-3-28-13-20(30)29(4-2)18-12-24-19(27-21(18)28)11-14-9-17(10-14)26-22(31)25-16-7-5-15(23)6-8-16/h5-8,12,14,17H,3-4,9-11,13H2,1-2H3,(H2,25,26,31). The quantitative estimate of drug-likeness (QED) is 0.741. The van der Waals surface area contributed by atoms with Crippen LogP contribution < -0.4 is 20.4 Å². The summed E-state index contributed by atoms with van der Waals surface area (Å²) in [7, 11) is 0. The van der Waals surface area contributed by atoms with Crippen LogP contribution in [0.25, 0.3) is 0 Å². The van der Waals surface area contributed by atoms with Crippen molar-refractivity contribution in [1.82, 2.24) is 15.3 Å². The van der Waals surface area contributed by atoms with E-state index < -0.39 is 0 Å². The Morgan fingerprint density at radius 1 is 1.19 bits per heavy atom. The van der Waals surface area contributed by atoms with Gasteiger partial charge in [-0.3, -0.25) is 4.79 Å². The van der Waals surface area contributed by atoms with Gasteiger partial charge in [-0.1, -0.05) is 0 Å². The first-order valence-corrected chi connectivity index (χ1v) is 10.7. The van der Waals surface area contributed by atoms with Crippen LogP contribution in [0.2, 0.25) is 0 Å². The summed E-state index contributed by atoms with van der Waals surface area (Å²) in [5, 5.41) is 5.65. The lowest BCUT2D eigenvalue weighted by Gasteiger charge is -2.37. The molecule has 4 rings (SSSR count). The van der Waals surface area contributed by atoms with Crippen molar-refractivity contribution in [3.8, 4) is 0 Å². The number of nitrogens with zero attached hydrogens (tertiary/aromatic N) is 4. The normalized spacial score (nSPS) is 20.2. The Morgan fingerprint density at radius 2 is 1.94 bits per heavy atom. The van der Waals surface area contributed by atoms with Gasteiger partial charge in [-0.25, -0.2) is 19.2 Å². The first-order valence-electron chi connectivity index (χ1n) is 10.7. The Kier molecular flexibility index (Phi) is 6.01. The number of nitrogens with one attached hydrogen (secondary N) is 2. The number of hydrogen-bond donors (Lipinski definition) is 2. The topological polar surface area (TPSA) is 90.5 Å². The minimum Gasteiger partial charge on any atom is -0.346 e. The van der Waals surface area contributed by atoms with Gasteiger partial charge in [-0.15, -0.1) is 0 Å². The van der Waals surface area contributed by atoms with Crippen LogP contribution in [-0.4, -0.2) is 47.6 Å². The van der Waals surface area contributed by atoms with Gasteiger partial charge in [0.25, 0.3) is 0 Å². The molecule has 3 amide bonds.